The van der Waals surface area contributed by atoms with Crippen LogP contribution in [0.5, 0.6) is 0 Å². The van der Waals surface area contributed by atoms with Crippen LogP contribution in [0.15, 0.2) is 41.3 Å². The van der Waals surface area contributed by atoms with Crippen molar-refractivity contribution in [3.05, 3.63) is 69.6 Å². The molecule has 1 aromatic carbocycles. The quantitative estimate of drug-likeness (QED) is 0.828. The Morgan fingerprint density at radius 1 is 1.06 bits per heavy atom. The van der Waals surface area contributed by atoms with Crippen molar-refractivity contribution in [1.82, 2.24) is 4.98 Å². The van der Waals surface area contributed by atoms with Crippen LogP contribution in [-0.2, 0) is 6.42 Å². The maximum atomic E-state index is 13.3. The van der Waals surface area contributed by atoms with Gasteiger partial charge in [-0.15, -0.1) is 0 Å². The molecule has 82 valence electrons. The first-order chi connectivity index (χ1) is 7.66. The van der Waals surface area contributed by atoms with E-state index in [9.17, 15) is 13.6 Å². The van der Waals surface area contributed by atoms with Crippen molar-refractivity contribution in [2.75, 3.05) is 0 Å². The Balaban J connectivity index is 2.34. The summed E-state index contributed by atoms with van der Waals surface area (Å²) in [6.07, 6.45) is 1.57. The van der Waals surface area contributed by atoms with Crippen LogP contribution < -0.4 is 5.56 Å². The number of aromatic amines is 1. The molecule has 0 aliphatic heterocycles. The highest BCUT2D eigenvalue weighted by atomic mass is 19.1. The number of hydrogen-bond acceptors (Lipinski definition) is 1. The first-order valence-electron chi connectivity index (χ1n) is 4.77. The standard InChI is InChI=1S/C12H9F2NO/c13-10-2-1-3-11(14)9(10)6-8-4-5-12(16)15-7-8/h1-5,7H,6H2,(H,15,16). The van der Waals surface area contributed by atoms with Gasteiger partial charge in [-0.2, -0.15) is 0 Å². The SMILES string of the molecule is O=c1ccc(Cc2c(F)cccc2F)c[nH]1. The molecule has 0 radical (unpaired) electrons. The molecule has 1 aromatic heterocycles. The van der Waals surface area contributed by atoms with Gasteiger partial charge in [-0.3, -0.25) is 4.79 Å². The van der Waals surface area contributed by atoms with Crippen LogP contribution in [0.25, 0.3) is 0 Å². The van der Waals surface area contributed by atoms with Gasteiger partial charge in [0.05, 0.1) is 0 Å². The maximum absolute atomic E-state index is 13.3. The van der Waals surface area contributed by atoms with Crippen LogP contribution >= 0.6 is 0 Å². The van der Waals surface area contributed by atoms with Gasteiger partial charge in [0.2, 0.25) is 5.56 Å². The van der Waals surface area contributed by atoms with Crippen LogP contribution in [0.3, 0.4) is 0 Å². The minimum absolute atomic E-state index is 0.00884. The van der Waals surface area contributed by atoms with E-state index in [4.69, 9.17) is 0 Å². The molecule has 2 rings (SSSR count). The molecule has 0 aliphatic rings. The molecule has 2 aromatic rings. The van der Waals surface area contributed by atoms with E-state index in [0.29, 0.717) is 5.56 Å². The van der Waals surface area contributed by atoms with Gasteiger partial charge in [-0.1, -0.05) is 12.1 Å². The van der Waals surface area contributed by atoms with Gasteiger partial charge >= 0.3 is 0 Å². The van der Waals surface area contributed by atoms with E-state index < -0.39 is 11.6 Å². The second kappa shape index (κ2) is 4.26. The second-order valence-corrected chi connectivity index (χ2v) is 3.44. The van der Waals surface area contributed by atoms with Gasteiger partial charge in [0.15, 0.2) is 0 Å². The third-order valence-electron chi connectivity index (χ3n) is 2.29. The monoisotopic (exact) mass is 221 g/mol. The molecule has 0 fully saturated rings. The molecule has 0 atom stereocenters. The van der Waals surface area contributed by atoms with E-state index in [-0.39, 0.29) is 17.5 Å². The molecule has 0 bridgehead atoms. The summed E-state index contributed by atoms with van der Waals surface area (Å²) in [7, 11) is 0. The van der Waals surface area contributed by atoms with Gasteiger partial charge < -0.3 is 4.98 Å². The molecule has 0 aliphatic carbocycles. The summed E-state index contributed by atoms with van der Waals surface area (Å²) in [5.41, 5.74) is 0.427. The Labute approximate surface area is 90.6 Å². The van der Waals surface area contributed by atoms with Gasteiger partial charge in [-0.05, 0) is 17.7 Å². The lowest BCUT2D eigenvalue weighted by molar-refractivity contribution is 0.561. The highest BCUT2D eigenvalue weighted by Crippen LogP contribution is 2.15. The Bertz CT molecular complexity index is 522. The van der Waals surface area contributed by atoms with Crippen molar-refractivity contribution >= 4 is 0 Å². The lowest BCUT2D eigenvalue weighted by atomic mass is 10.1. The average Bonchev–Trinajstić information content (AvgIpc) is 2.26. The van der Waals surface area contributed by atoms with Crippen molar-refractivity contribution in [3.63, 3.8) is 0 Å². The average molecular weight is 221 g/mol. The summed E-state index contributed by atoms with van der Waals surface area (Å²) in [6.45, 7) is 0. The number of benzene rings is 1. The fraction of sp³-hybridized carbons (Fsp3) is 0.0833. The first-order valence-corrected chi connectivity index (χ1v) is 4.77. The fourth-order valence-electron chi connectivity index (χ4n) is 1.46. The zero-order chi connectivity index (χ0) is 11.5. The van der Waals surface area contributed by atoms with E-state index in [2.05, 4.69) is 4.98 Å². The van der Waals surface area contributed by atoms with Gasteiger partial charge in [-0.25, -0.2) is 8.78 Å². The third kappa shape index (κ3) is 2.16. The molecule has 2 nitrogen and oxygen atoms in total. The van der Waals surface area contributed by atoms with E-state index in [1.807, 2.05) is 0 Å². The minimum Gasteiger partial charge on any atom is -0.329 e. The molecule has 0 unspecified atom stereocenters. The van der Waals surface area contributed by atoms with E-state index in [1.54, 1.807) is 6.07 Å². The molecular formula is C12H9F2NO. The third-order valence-corrected chi connectivity index (χ3v) is 2.29. The Hall–Kier alpha value is -1.97. The van der Waals surface area contributed by atoms with Gasteiger partial charge in [0.1, 0.15) is 11.6 Å². The lowest BCUT2D eigenvalue weighted by Crippen LogP contribution is -2.04. The molecule has 0 saturated heterocycles. The van der Waals surface area contributed by atoms with Crippen molar-refractivity contribution in [3.8, 4) is 0 Å². The number of nitrogens with one attached hydrogen (secondary N) is 1. The largest absolute Gasteiger partial charge is 0.329 e. The summed E-state index contributed by atoms with van der Waals surface area (Å²) in [6, 6.07) is 6.62. The molecule has 0 saturated carbocycles. The number of pyridine rings is 1. The lowest BCUT2D eigenvalue weighted by Gasteiger charge is -2.04. The van der Waals surface area contributed by atoms with Crippen molar-refractivity contribution < 1.29 is 8.78 Å². The zero-order valence-corrected chi connectivity index (χ0v) is 8.34. The normalized spacial score (nSPS) is 10.4. The molecule has 4 heteroatoms. The number of H-pyrrole nitrogens is 1. The fourth-order valence-corrected chi connectivity index (χ4v) is 1.46. The molecule has 1 heterocycles. The number of hydrogen-bond donors (Lipinski definition) is 1. The predicted molar refractivity (Wildman–Crippen MR) is 56.2 cm³/mol. The molecule has 0 amide bonds. The maximum Gasteiger partial charge on any atom is 0.247 e. The minimum atomic E-state index is -0.578. The number of rotatable bonds is 2. The van der Waals surface area contributed by atoms with Crippen LogP contribution in [0.1, 0.15) is 11.1 Å². The molecular weight excluding hydrogens is 212 g/mol. The number of halogens is 2. The van der Waals surface area contributed by atoms with Crippen molar-refractivity contribution in [1.29, 1.82) is 0 Å². The number of aromatic nitrogens is 1. The highest BCUT2D eigenvalue weighted by Gasteiger charge is 2.08. The summed E-state index contributed by atoms with van der Waals surface area (Å²) >= 11 is 0. The Morgan fingerprint density at radius 2 is 1.75 bits per heavy atom. The van der Waals surface area contributed by atoms with Crippen molar-refractivity contribution in [2.24, 2.45) is 0 Å². The summed E-state index contributed by atoms with van der Waals surface area (Å²) in [5.74, 6) is -1.16. The molecule has 1 N–H and O–H groups in total. The topological polar surface area (TPSA) is 32.9 Å². The highest BCUT2D eigenvalue weighted by molar-refractivity contribution is 5.26. The van der Waals surface area contributed by atoms with Gasteiger partial charge in [0, 0.05) is 24.2 Å². The predicted octanol–water partition coefficient (Wildman–Crippen LogP) is 2.24. The van der Waals surface area contributed by atoms with E-state index in [0.717, 1.165) is 0 Å². The summed E-state index contributed by atoms with van der Waals surface area (Å²) in [5, 5.41) is 0. The second-order valence-electron chi connectivity index (χ2n) is 3.44. The van der Waals surface area contributed by atoms with Crippen LogP contribution in [0.2, 0.25) is 0 Å². The van der Waals surface area contributed by atoms with E-state index in [1.165, 1.54) is 30.5 Å². The summed E-state index contributed by atoms with van der Waals surface area (Å²) in [4.78, 5) is 13.3. The van der Waals surface area contributed by atoms with Crippen LogP contribution in [0, 0.1) is 11.6 Å². The van der Waals surface area contributed by atoms with Crippen LogP contribution in [0.4, 0.5) is 8.78 Å². The Kier molecular flexibility index (Phi) is 2.81. The van der Waals surface area contributed by atoms with E-state index >= 15 is 0 Å². The molecule has 16 heavy (non-hydrogen) atoms. The first kappa shape index (κ1) is 10.5. The molecule has 0 spiro atoms. The van der Waals surface area contributed by atoms with Crippen LogP contribution in [-0.4, -0.2) is 4.98 Å². The van der Waals surface area contributed by atoms with Gasteiger partial charge in [0.25, 0.3) is 0 Å². The van der Waals surface area contributed by atoms with Crippen molar-refractivity contribution in [2.45, 2.75) is 6.42 Å². The summed E-state index contributed by atoms with van der Waals surface area (Å²) < 4.78 is 26.6. The Morgan fingerprint density at radius 3 is 2.31 bits per heavy atom. The zero-order valence-electron chi connectivity index (χ0n) is 8.34. The smallest absolute Gasteiger partial charge is 0.247 e.